The zero-order valence-electron chi connectivity index (χ0n) is 9.43. The van der Waals surface area contributed by atoms with Crippen molar-refractivity contribution in [2.24, 2.45) is 0 Å². The van der Waals surface area contributed by atoms with Crippen molar-refractivity contribution in [3.63, 3.8) is 0 Å². The van der Waals surface area contributed by atoms with Crippen LogP contribution in [0.5, 0.6) is 0 Å². The Kier molecular flexibility index (Phi) is 8.60. The molecule has 0 saturated heterocycles. The summed E-state index contributed by atoms with van der Waals surface area (Å²) in [5, 5.41) is 0. The van der Waals surface area contributed by atoms with Gasteiger partial charge in [0.1, 0.15) is 0 Å². The molecule has 0 aromatic carbocycles. The van der Waals surface area contributed by atoms with E-state index in [9.17, 15) is 4.57 Å². The second kappa shape index (κ2) is 7.05. The molecule has 0 aliphatic heterocycles. The molecule has 0 aliphatic carbocycles. The molecule has 91 valence electrons. The molecule has 0 aromatic rings. The molecule has 0 radical (unpaired) electrons. The van der Waals surface area contributed by atoms with Gasteiger partial charge in [-0.2, -0.15) is 0 Å². The Morgan fingerprint density at radius 2 is 1.07 bits per heavy atom. The fraction of sp³-hybridized carbons (Fsp3) is 1.00. The Bertz CT molecular complexity index is 165. The molecule has 0 spiro atoms. The predicted molar refractivity (Wildman–Crippen MR) is 51.4 cm³/mol. The van der Waals surface area contributed by atoms with Crippen LogP contribution in [0.15, 0.2) is 0 Å². The van der Waals surface area contributed by atoms with Crippen molar-refractivity contribution in [1.82, 2.24) is 0 Å². The third-order valence-corrected chi connectivity index (χ3v) is 2.34. The first-order valence-electron chi connectivity index (χ1n) is 4.14. The third kappa shape index (κ3) is 15.2. The van der Waals surface area contributed by atoms with E-state index in [1.54, 1.807) is 21.0 Å². The normalized spacial score (nSPS) is 12.4. The van der Waals surface area contributed by atoms with E-state index in [0.29, 0.717) is 0 Å². The van der Waals surface area contributed by atoms with E-state index < -0.39 is 19.5 Å². The van der Waals surface area contributed by atoms with E-state index in [1.807, 2.05) is 41.5 Å². The first kappa shape index (κ1) is 17.1. The molecule has 0 amide bonds. The van der Waals surface area contributed by atoms with Crippen LogP contribution in [0.3, 0.4) is 0 Å². The molecule has 0 fully saturated rings. The zero-order chi connectivity index (χ0) is 12.0. The summed E-state index contributed by atoms with van der Waals surface area (Å²) in [6, 6.07) is 0. The summed E-state index contributed by atoms with van der Waals surface area (Å²) in [5.41, 5.74) is -0.803. The minimum absolute atomic E-state index is 0.401. The summed E-state index contributed by atoms with van der Waals surface area (Å²) >= 11 is 1.70. The van der Waals surface area contributed by atoms with E-state index in [2.05, 4.69) is 0 Å². The van der Waals surface area contributed by atoms with Crippen molar-refractivity contribution in [3.8, 4) is 0 Å². The summed E-state index contributed by atoms with van der Waals surface area (Å²) in [5.74, 6) is 0. The van der Waals surface area contributed by atoms with Crippen molar-refractivity contribution in [3.05, 3.63) is 0 Å². The molecule has 6 heteroatoms. The Hall–Kier alpha value is 0.690. The molecule has 0 aliphatic rings. The molecule has 0 N–H and O–H groups in total. The molecule has 0 bridgehead atoms. The van der Waals surface area contributed by atoms with E-state index in [-0.39, 0.29) is 0 Å². The van der Waals surface area contributed by atoms with Crippen LogP contribution in [0.1, 0.15) is 41.5 Å². The maximum absolute atomic E-state index is 11.2. The molecule has 0 rings (SSSR count). The van der Waals surface area contributed by atoms with Gasteiger partial charge in [-0.25, -0.2) is 0 Å². The van der Waals surface area contributed by atoms with Gasteiger partial charge in [0.15, 0.2) is 0 Å². The third-order valence-electron chi connectivity index (χ3n) is 0.779. The van der Waals surface area contributed by atoms with Crippen molar-refractivity contribution >= 4 is 8.25 Å². The van der Waals surface area contributed by atoms with Gasteiger partial charge in [-0.15, -0.1) is 0 Å². The monoisotopic (exact) mass is 317 g/mol. The quantitative estimate of drug-likeness (QED) is 0.580. The predicted octanol–water partition coefficient (Wildman–Crippen LogP) is 2.89. The fourth-order valence-electron chi connectivity index (χ4n) is 0.521. The maximum atomic E-state index is 11.2. The average molecular weight is 318 g/mol. The van der Waals surface area contributed by atoms with Crippen molar-refractivity contribution in [1.29, 1.82) is 0 Å². The Morgan fingerprint density at radius 1 is 0.857 bits per heavy atom. The zero-order valence-corrected chi connectivity index (χ0v) is 11.9. The van der Waals surface area contributed by atoms with E-state index in [4.69, 9.17) is 12.3 Å². The molecule has 4 nitrogen and oxygen atoms in total. The van der Waals surface area contributed by atoms with E-state index in [0.717, 1.165) is 0 Å². The number of hydrogen-bond donors (Lipinski definition) is 0. The summed E-state index contributed by atoms with van der Waals surface area (Å²) in [6.45, 7) is 11.1. The Labute approximate surface area is 98.9 Å². The molecule has 0 heterocycles. The van der Waals surface area contributed by atoms with Crippen molar-refractivity contribution in [2.75, 3.05) is 0 Å². The standard InChI is InChI=1S/C8H19O3P.Ag.O/c1-7(2,3)10-12(9)11-8(4,5)6;;/h12H,1-6H3;;. The van der Waals surface area contributed by atoms with Gasteiger partial charge in [0.25, 0.3) is 0 Å². The molecular weight excluding hydrogens is 299 g/mol. The van der Waals surface area contributed by atoms with Gasteiger partial charge in [-0.05, 0) is 41.5 Å². The van der Waals surface area contributed by atoms with Crippen LogP contribution in [-0.2, 0) is 37.9 Å². The van der Waals surface area contributed by atoms with E-state index >= 15 is 0 Å². The van der Waals surface area contributed by atoms with Crippen molar-refractivity contribution < 1.29 is 37.9 Å². The summed E-state index contributed by atoms with van der Waals surface area (Å²) < 4.78 is 29.6. The van der Waals surface area contributed by atoms with Crippen LogP contribution in [0, 0.1) is 0 Å². The first-order chi connectivity index (χ1) is 6.10. The number of rotatable bonds is 2. The molecule has 0 unspecified atom stereocenters. The molecule has 0 atom stereocenters. The van der Waals surface area contributed by atoms with Crippen LogP contribution in [-0.4, -0.2) is 11.2 Å². The fourth-order valence-corrected chi connectivity index (χ4v) is 1.56. The molecular formula is C8H19AgO4P. The van der Waals surface area contributed by atoms with Gasteiger partial charge in [-0.3, -0.25) is 4.57 Å². The van der Waals surface area contributed by atoms with Gasteiger partial charge in [0, 0.05) is 0 Å². The molecule has 14 heavy (non-hydrogen) atoms. The first-order valence-corrected chi connectivity index (χ1v) is 5.97. The van der Waals surface area contributed by atoms with E-state index in [1.165, 1.54) is 0 Å². The van der Waals surface area contributed by atoms with Crippen LogP contribution in [0.25, 0.3) is 0 Å². The van der Waals surface area contributed by atoms with Gasteiger partial charge in [0.05, 0.1) is 11.2 Å². The van der Waals surface area contributed by atoms with Gasteiger partial charge >= 0.3 is 32.5 Å². The van der Waals surface area contributed by atoms with Crippen LogP contribution in [0.2, 0.25) is 0 Å². The van der Waals surface area contributed by atoms with Crippen LogP contribution in [0.4, 0.5) is 0 Å². The van der Waals surface area contributed by atoms with Gasteiger partial charge in [-0.1, -0.05) is 0 Å². The van der Waals surface area contributed by atoms with Crippen LogP contribution < -0.4 is 0 Å². The molecule has 0 saturated carbocycles. The van der Waals surface area contributed by atoms with Crippen molar-refractivity contribution in [2.45, 2.75) is 52.7 Å². The van der Waals surface area contributed by atoms with Crippen LogP contribution >= 0.6 is 8.25 Å². The second-order valence-electron chi connectivity index (χ2n) is 4.68. The average Bonchev–Trinajstić information content (AvgIpc) is 1.82. The number of hydrogen-bond acceptors (Lipinski definition) is 4. The van der Waals surface area contributed by atoms with Gasteiger partial charge in [0.2, 0.25) is 0 Å². The topological polar surface area (TPSA) is 52.6 Å². The van der Waals surface area contributed by atoms with Gasteiger partial charge < -0.3 is 9.05 Å². The molecule has 0 aromatic heterocycles. The summed E-state index contributed by atoms with van der Waals surface area (Å²) in [7, 11) is -2.35. The Morgan fingerprint density at radius 3 is 1.21 bits per heavy atom. The summed E-state index contributed by atoms with van der Waals surface area (Å²) in [6.07, 6.45) is 0. The SMILES string of the molecule is CC(C)(C)O[PH](=O)OC(C)(C)C.[O]=[Ag]. The summed E-state index contributed by atoms with van der Waals surface area (Å²) in [4.78, 5) is 0. The second-order valence-corrected chi connectivity index (χ2v) is 5.59. The Balaban J connectivity index is 0. The minimum atomic E-state index is -2.35.